The number of nitrogens with zero attached hydrogens (tertiary/aromatic N) is 2. The summed E-state index contributed by atoms with van der Waals surface area (Å²) >= 11 is 1.37. The van der Waals surface area contributed by atoms with Crippen LogP contribution in [-0.2, 0) is 9.59 Å². The number of piperidine rings is 1. The predicted octanol–water partition coefficient (Wildman–Crippen LogP) is 1.47. The molecule has 1 fully saturated rings. The lowest BCUT2D eigenvalue weighted by molar-refractivity contribution is -0.127. The van der Waals surface area contributed by atoms with Crippen molar-refractivity contribution in [2.45, 2.75) is 12.8 Å². The fourth-order valence-electron chi connectivity index (χ4n) is 3.59. The summed E-state index contributed by atoms with van der Waals surface area (Å²) in [4.78, 5) is 45.4. The van der Waals surface area contributed by atoms with Crippen LogP contribution in [0.15, 0.2) is 40.5 Å². The number of aromatic amines is 1. The summed E-state index contributed by atoms with van der Waals surface area (Å²) < 4.78 is 0.584. The van der Waals surface area contributed by atoms with E-state index < -0.39 is 5.91 Å². The van der Waals surface area contributed by atoms with E-state index in [1.165, 1.54) is 11.3 Å². The Morgan fingerprint density at radius 3 is 2.86 bits per heavy atom. The topological polar surface area (TPSA) is 121 Å². The summed E-state index contributed by atoms with van der Waals surface area (Å²) in [6.07, 6.45) is 1.49. The van der Waals surface area contributed by atoms with E-state index in [1.54, 1.807) is 0 Å². The lowest BCUT2D eigenvalue weighted by Crippen LogP contribution is -2.45. The third kappa shape index (κ3) is 4.00. The number of carbonyl (C=O) groups excluding carboxylic acids is 2. The third-order valence-electron chi connectivity index (χ3n) is 5.03. The van der Waals surface area contributed by atoms with Gasteiger partial charge in [0.2, 0.25) is 17.8 Å². The first-order chi connectivity index (χ1) is 14.0. The van der Waals surface area contributed by atoms with Crippen LogP contribution in [0.25, 0.3) is 21.3 Å². The minimum absolute atomic E-state index is 0.175. The van der Waals surface area contributed by atoms with E-state index in [4.69, 9.17) is 10.7 Å². The van der Waals surface area contributed by atoms with Crippen LogP contribution in [0.4, 0.5) is 5.95 Å². The van der Waals surface area contributed by atoms with Crippen molar-refractivity contribution in [3.63, 3.8) is 0 Å². The van der Waals surface area contributed by atoms with Crippen molar-refractivity contribution >= 4 is 39.3 Å². The van der Waals surface area contributed by atoms with Crippen molar-refractivity contribution in [1.29, 1.82) is 0 Å². The highest BCUT2D eigenvalue weighted by molar-refractivity contribution is 7.17. The molecule has 29 heavy (non-hydrogen) atoms. The first-order valence-corrected chi connectivity index (χ1v) is 10.3. The third-order valence-corrected chi connectivity index (χ3v) is 6.00. The Morgan fingerprint density at radius 1 is 1.31 bits per heavy atom. The molecule has 1 aliphatic heterocycles. The standard InChI is InChI=1S/C20H21N5O3S/c21-15(26)9-22-18(27)13-7-4-8-25(10-13)20-23-16-14(12-5-2-1-3-6-12)11-29-17(16)19(28)24-20/h1-3,5-6,11,13H,4,7-10H2,(H2,21,26)(H,22,27)(H,23,24,28). The highest BCUT2D eigenvalue weighted by Crippen LogP contribution is 2.32. The maximum atomic E-state index is 12.6. The maximum absolute atomic E-state index is 12.6. The maximum Gasteiger partial charge on any atom is 0.270 e. The SMILES string of the molecule is NC(=O)CNC(=O)C1CCCN(c2nc3c(-c4ccccc4)csc3c(=O)[nH]2)C1. The predicted molar refractivity (Wildman–Crippen MR) is 113 cm³/mol. The van der Waals surface area contributed by atoms with Crippen molar-refractivity contribution in [3.05, 3.63) is 46.1 Å². The number of anilines is 1. The van der Waals surface area contributed by atoms with Gasteiger partial charge < -0.3 is 16.0 Å². The number of thiophene rings is 1. The molecule has 0 aliphatic carbocycles. The molecule has 1 saturated heterocycles. The number of H-pyrrole nitrogens is 1. The van der Waals surface area contributed by atoms with Gasteiger partial charge in [-0.2, -0.15) is 0 Å². The Bertz CT molecular complexity index is 1110. The number of hydrogen-bond acceptors (Lipinski definition) is 6. The monoisotopic (exact) mass is 411 g/mol. The molecule has 0 saturated carbocycles. The van der Waals surface area contributed by atoms with Crippen molar-refractivity contribution in [2.24, 2.45) is 11.7 Å². The van der Waals surface area contributed by atoms with E-state index in [2.05, 4.69) is 10.3 Å². The van der Waals surface area contributed by atoms with Gasteiger partial charge in [0.15, 0.2) is 0 Å². The van der Waals surface area contributed by atoms with E-state index in [0.29, 0.717) is 35.7 Å². The first-order valence-electron chi connectivity index (χ1n) is 9.41. The van der Waals surface area contributed by atoms with Crippen LogP contribution in [0.2, 0.25) is 0 Å². The first kappa shape index (κ1) is 19.1. The van der Waals surface area contributed by atoms with Gasteiger partial charge in [-0.1, -0.05) is 30.3 Å². The Kier molecular flexibility index (Phi) is 5.30. The largest absolute Gasteiger partial charge is 0.368 e. The molecule has 2 aromatic heterocycles. The molecular formula is C20H21N5O3S. The van der Waals surface area contributed by atoms with E-state index in [0.717, 1.165) is 17.5 Å². The van der Waals surface area contributed by atoms with Gasteiger partial charge in [0.1, 0.15) is 4.70 Å². The minimum atomic E-state index is -0.576. The fraction of sp³-hybridized carbons (Fsp3) is 0.300. The average molecular weight is 411 g/mol. The van der Waals surface area contributed by atoms with E-state index >= 15 is 0 Å². The smallest absolute Gasteiger partial charge is 0.270 e. The molecule has 2 amide bonds. The second-order valence-electron chi connectivity index (χ2n) is 7.05. The molecule has 1 aliphatic rings. The molecule has 0 spiro atoms. The molecule has 1 atom stereocenters. The Hall–Kier alpha value is -3.20. The zero-order chi connectivity index (χ0) is 20.4. The van der Waals surface area contributed by atoms with Crippen molar-refractivity contribution < 1.29 is 9.59 Å². The summed E-state index contributed by atoms with van der Waals surface area (Å²) in [6.45, 7) is 0.939. The van der Waals surface area contributed by atoms with Gasteiger partial charge in [-0.3, -0.25) is 19.4 Å². The summed E-state index contributed by atoms with van der Waals surface area (Å²) in [5.41, 5.74) is 7.51. The van der Waals surface area contributed by atoms with Crippen LogP contribution in [0.3, 0.4) is 0 Å². The van der Waals surface area contributed by atoms with Crippen molar-refractivity contribution in [2.75, 3.05) is 24.5 Å². The van der Waals surface area contributed by atoms with E-state index in [9.17, 15) is 14.4 Å². The van der Waals surface area contributed by atoms with Crippen LogP contribution in [0.5, 0.6) is 0 Å². The highest BCUT2D eigenvalue weighted by Gasteiger charge is 2.27. The van der Waals surface area contributed by atoms with Crippen LogP contribution < -0.4 is 21.5 Å². The number of carbonyl (C=O) groups is 2. The summed E-state index contributed by atoms with van der Waals surface area (Å²) in [5.74, 6) is -0.614. The molecule has 3 heterocycles. The zero-order valence-corrected chi connectivity index (χ0v) is 16.5. The Morgan fingerprint density at radius 2 is 2.10 bits per heavy atom. The number of rotatable bonds is 5. The van der Waals surface area contributed by atoms with E-state index in [1.807, 2.05) is 40.6 Å². The molecule has 9 heteroatoms. The Labute approximate surface area is 170 Å². The van der Waals surface area contributed by atoms with Crippen LogP contribution in [0, 0.1) is 5.92 Å². The number of benzene rings is 1. The van der Waals surface area contributed by atoms with Crippen molar-refractivity contribution in [3.8, 4) is 11.1 Å². The number of primary amides is 1. The van der Waals surface area contributed by atoms with Crippen molar-refractivity contribution in [1.82, 2.24) is 15.3 Å². The van der Waals surface area contributed by atoms with Crippen LogP contribution in [0.1, 0.15) is 12.8 Å². The van der Waals surface area contributed by atoms with Gasteiger partial charge in [0.05, 0.1) is 18.0 Å². The van der Waals surface area contributed by atoms with E-state index in [-0.39, 0.29) is 23.9 Å². The normalized spacial score (nSPS) is 16.7. The Balaban J connectivity index is 1.63. The second-order valence-corrected chi connectivity index (χ2v) is 7.93. The van der Waals surface area contributed by atoms with Crippen LogP contribution in [-0.4, -0.2) is 41.4 Å². The molecular weight excluding hydrogens is 390 g/mol. The molecule has 8 nitrogen and oxygen atoms in total. The fourth-order valence-corrected chi connectivity index (χ4v) is 4.50. The van der Waals surface area contributed by atoms with Gasteiger partial charge in [-0.15, -0.1) is 11.3 Å². The molecule has 1 aromatic carbocycles. The minimum Gasteiger partial charge on any atom is -0.368 e. The molecule has 0 radical (unpaired) electrons. The quantitative estimate of drug-likeness (QED) is 0.587. The molecule has 150 valence electrons. The number of amides is 2. The van der Waals surface area contributed by atoms with Gasteiger partial charge in [0, 0.05) is 24.0 Å². The summed E-state index contributed by atoms with van der Waals surface area (Å²) in [6, 6.07) is 9.83. The molecule has 4 rings (SSSR count). The summed E-state index contributed by atoms with van der Waals surface area (Å²) in [7, 11) is 0. The summed E-state index contributed by atoms with van der Waals surface area (Å²) in [5, 5.41) is 4.51. The zero-order valence-electron chi connectivity index (χ0n) is 15.7. The molecule has 4 N–H and O–H groups in total. The second kappa shape index (κ2) is 8.04. The lowest BCUT2D eigenvalue weighted by atomic mass is 9.97. The molecule has 0 bridgehead atoms. The number of hydrogen-bond donors (Lipinski definition) is 3. The van der Waals surface area contributed by atoms with Gasteiger partial charge in [-0.25, -0.2) is 4.98 Å². The molecule has 1 unspecified atom stereocenters. The highest BCUT2D eigenvalue weighted by atomic mass is 32.1. The lowest BCUT2D eigenvalue weighted by Gasteiger charge is -2.32. The van der Waals surface area contributed by atoms with Gasteiger partial charge in [0.25, 0.3) is 5.56 Å². The average Bonchev–Trinajstić information content (AvgIpc) is 3.17. The number of nitrogens with two attached hydrogens (primary N) is 1. The van der Waals surface area contributed by atoms with Gasteiger partial charge in [-0.05, 0) is 18.4 Å². The number of nitrogens with one attached hydrogen (secondary N) is 2. The number of fused-ring (bicyclic) bond motifs is 1. The number of aromatic nitrogens is 2. The van der Waals surface area contributed by atoms with Gasteiger partial charge >= 0.3 is 0 Å². The molecule has 3 aromatic rings. The van der Waals surface area contributed by atoms with Crippen LogP contribution >= 0.6 is 11.3 Å².